The minimum Gasteiger partial charge on any atom is -0.466 e. The van der Waals surface area contributed by atoms with Gasteiger partial charge < -0.3 is 4.74 Å². The van der Waals surface area contributed by atoms with E-state index >= 15 is 0 Å². The van der Waals surface area contributed by atoms with E-state index < -0.39 is 0 Å². The zero-order valence-corrected chi connectivity index (χ0v) is 12.3. The van der Waals surface area contributed by atoms with Gasteiger partial charge in [0, 0.05) is 0 Å². The SMILES string of the molecule is CCOC(=O)CC1(N(C)C)CCc2ccc(C)cc21. The zero-order chi connectivity index (χ0) is 14.0. The van der Waals surface area contributed by atoms with Gasteiger partial charge in [-0.05, 0) is 51.9 Å². The lowest BCUT2D eigenvalue weighted by Gasteiger charge is -2.36. The van der Waals surface area contributed by atoms with E-state index in [1.54, 1.807) is 0 Å². The van der Waals surface area contributed by atoms with E-state index in [2.05, 4.69) is 44.1 Å². The molecule has 104 valence electrons. The third kappa shape index (κ3) is 2.52. The van der Waals surface area contributed by atoms with E-state index in [1.807, 2.05) is 6.92 Å². The fourth-order valence-electron chi connectivity index (χ4n) is 3.07. The van der Waals surface area contributed by atoms with Gasteiger partial charge in [-0.25, -0.2) is 0 Å². The summed E-state index contributed by atoms with van der Waals surface area (Å²) in [6.07, 6.45) is 2.45. The Kier molecular flexibility index (Phi) is 3.95. The largest absolute Gasteiger partial charge is 0.466 e. The molecule has 0 aromatic heterocycles. The Morgan fingerprint density at radius 3 is 2.79 bits per heavy atom. The van der Waals surface area contributed by atoms with Crippen molar-refractivity contribution in [3.63, 3.8) is 0 Å². The Labute approximate surface area is 115 Å². The average Bonchev–Trinajstić information content (AvgIpc) is 2.69. The van der Waals surface area contributed by atoms with Crippen LogP contribution in [-0.4, -0.2) is 31.6 Å². The maximum atomic E-state index is 12.0. The van der Waals surface area contributed by atoms with Crippen LogP contribution in [0, 0.1) is 6.92 Å². The quantitative estimate of drug-likeness (QED) is 0.780. The first kappa shape index (κ1) is 14.1. The first-order valence-electron chi connectivity index (χ1n) is 6.92. The highest BCUT2D eigenvalue weighted by atomic mass is 16.5. The van der Waals surface area contributed by atoms with Gasteiger partial charge in [0.15, 0.2) is 0 Å². The molecule has 1 aliphatic rings. The number of esters is 1. The van der Waals surface area contributed by atoms with Crippen molar-refractivity contribution in [2.75, 3.05) is 20.7 Å². The van der Waals surface area contributed by atoms with Crippen molar-refractivity contribution in [1.82, 2.24) is 4.90 Å². The highest BCUT2D eigenvalue weighted by Gasteiger charge is 2.42. The fourth-order valence-corrected chi connectivity index (χ4v) is 3.07. The van der Waals surface area contributed by atoms with Crippen LogP contribution in [0.15, 0.2) is 18.2 Å². The minimum absolute atomic E-state index is 0.106. The van der Waals surface area contributed by atoms with E-state index in [0.29, 0.717) is 13.0 Å². The fraction of sp³-hybridized carbons (Fsp3) is 0.562. The third-order valence-corrected chi connectivity index (χ3v) is 4.17. The second-order valence-electron chi connectivity index (χ2n) is 5.57. The van der Waals surface area contributed by atoms with Crippen LogP contribution < -0.4 is 0 Å². The van der Waals surface area contributed by atoms with Gasteiger partial charge in [-0.3, -0.25) is 9.69 Å². The van der Waals surface area contributed by atoms with Gasteiger partial charge in [-0.1, -0.05) is 23.8 Å². The molecule has 1 unspecified atom stereocenters. The Hall–Kier alpha value is -1.35. The van der Waals surface area contributed by atoms with E-state index in [4.69, 9.17) is 4.74 Å². The molecule has 0 amide bonds. The molecule has 0 saturated carbocycles. The van der Waals surface area contributed by atoms with Crippen LogP contribution in [0.1, 0.15) is 36.5 Å². The molecule has 1 aromatic carbocycles. The number of rotatable bonds is 4. The predicted molar refractivity (Wildman–Crippen MR) is 76.1 cm³/mol. The number of carbonyl (C=O) groups is 1. The molecule has 1 aliphatic carbocycles. The molecule has 0 spiro atoms. The molecule has 1 atom stereocenters. The van der Waals surface area contributed by atoms with E-state index in [-0.39, 0.29) is 11.5 Å². The summed E-state index contributed by atoms with van der Waals surface area (Å²) >= 11 is 0. The van der Waals surface area contributed by atoms with E-state index in [9.17, 15) is 4.79 Å². The monoisotopic (exact) mass is 261 g/mol. The minimum atomic E-state index is -0.201. The molecule has 0 heterocycles. The van der Waals surface area contributed by atoms with Crippen LogP contribution in [-0.2, 0) is 21.5 Å². The first-order valence-corrected chi connectivity index (χ1v) is 6.92. The van der Waals surface area contributed by atoms with Crippen molar-refractivity contribution in [3.05, 3.63) is 34.9 Å². The average molecular weight is 261 g/mol. The van der Waals surface area contributed by atoms with Gasteiger partial charge in [0.1, 0.15) is 0 Å². The molecule has 0 bridgehead atoms. The molecule has 0 saturated heterocycles. The van der Waals surface area contributed by atoms with Gasteiger partial charge in [0.05, 0.1) is 18.6 Å². The maximum Gasteiger partial charge on any atom is 0.308 e. The van der Waals surface area contributed by atoms with Crippen LogP contribution in [0.4, 0.5) is 0 Å². The number of benzene rings is 1. The highest BCUT2D eigenvalue weighted by molar-refractivity contribution is 5.72. The number of carbonyl (C=O) groups excluding carboxylic acids is 1. The molecule has 3 heteroatoms. The predicted octanol–water partition coefficient (Wildman–Crippen LogP) is 2.65. The van der Waals surface area contributed by atoms with Gasteiger partial charge in [-0.15, -0.1) is 0 Å². The van der Waals surface area contributed by atoms with Crippen LogP contribution in [0.5, 0.6) is 0 Å². The second-order valence-corrected chi connectivity index (χ2v) is 5.57. The zero-order valence-electron chi connectivity index (χ0n) is 12.3. The summed E-state index contributed by atoms with van der Waals surface area (Å²) < 4.78 is 5.16. The molecule has 0 fully saturated rings. The highest BCUT2D eigenvalue weighted by Crippen LogP contribution is 2.43. The second kappa shape index (κ2) is 5.33. The summed E-state index contributed by atoms with van der Waals surface area (Å²) in [6, 6.07) is 6.57. The van der Waals surface area contributed by atoms with Crippen molar-refractivity contribution >= 4 is 5.97 Å². The number of hydrogen-bond donors (Lipinski definition) is 0. The molecule has 3 nitrogen and oxygen atoms in total. The lowest BCUT2D eigenvalue weighted by atomic mass is 9.86. The molecule has 0 radical (unpaired) electrons. The molecule has 2 rings (SSSR count). The Balaban J connectivity index is 2.38. The van der Waals surface area contributed by atoms with Crippen molar-refractivity contribution in [1.29, 1.82) is 0 Å². The molecular formula is C16H23NO2. The van der Waals surface area contributed by atoms with Gasteiger partial charge in [-0.2, -0.15) is 0 Å². The lowest BCUT2D eigenvalue weighted by Crippen LogP contribution is -2.41. The summed E-state index contributed by atoms with van der Waals surface area (Å²) in [6.45, 7) is 4.40. The van der Waals surface area contributed by atoms with Crippen LogP contribution in [0.25, 0.3) is 0 Å². The summed E-state index contributed by atoms with van der Waals surface area (Å²) in [5, 5.41) is 0. The Morgan fingerprint density at radius 2 is 2.16 bits per heavy atom. The van der Waals surface area contributed by atoms with Gasteiger partial charge in [0.25, 0.3) is 0 Å². The summed E-state index contributed by atoms with van der Waals surface area (Å²) in [7, 11) is 4.10. The lowest BCUT2D eigenvalue weighted by molar-refractivity contribution is -0.146. The Morgan fingerprint density at radius 1 is 1.42 bits per heavy atom. The van der Waals surface area contributed by atoms with Crippen molar-refractivity contribution in [2.24, 2.45) is 0 Å². The molecule has 19 heavy (non-hydrogen) atoms. The first-order chi connectivity index (χ1) is 8.99. The third-order valence-electron chi connectivity index (χ3n) is 4.17. The normalized spacial score (nSPS) is 21.5. The summed E-state index contributed by atoms with van der Waals surface area (Å²) in [4.78, 5) is 14.1. The van der Waals surface area contributed by atoms with Crippen LogP contribution in [0.2, 0.25) is 0 Å². The Bertz CT molecular complexity index is 482. The van der Waals surface area contributed by atoms with Gasteiger partial charge in [0.2, 0.25) is 0 Å². The van der Waals surface area contributed by atoms with Crippen molar-refractivity contribution in [3.8, 4) is 0 Å². The van der Waals surface area contributed by atoms with Gasteiger partial charge >= 0.3 is 5.97 Å². The molecule has 0 N–H and O–H groups in total. The summed E-state index contributed by atoms with van der Waals surface area (Å²) in [5.41, 5.74) is 3.71. The molecule has 1 aromatic rings. The standard InChI is InChI=1S/C16H23NO2/c1-5-19-15(18)11-16(17(3)4)9-8-13-7-6-12(2)10-14(13)16/h6-7,10H,5,8-9,11H2,1-4H3. The number of ether oxygens (including phenoxy) is 1. The van der Waals surface area contributed by atoms with E-state index in [1.165, 1.54) is 16.7 Å². The maximum absolute atomic E-state index is 12.0. The number of fused-ring (bicyclic) bond motifs is 1. The van der Waals surface area contributed by atoms with Crippen LogP contribution in [0.3, 0.4) is 0 Å². The van der Waals surface area contributed by atoms with Crippen molar-refractivity contribution in [2.45, 2.75) is 38.6 Å². The summed E-state index contributed by atoms with van der Waals surface area (Å²) in [5.74, 6) is -0.106. The van der Waals surface area contributed by atoms with E-state index in [0.717, 1.165) is 12.8 Å². The number of aryl methyl sites for hydroxylation is 2. The van der Waals surface area contributed by atoms with Crippen molar-refractivity contribution < 1.29 is 9.53 Å². The number of nitrogens with zero attached hydrogens (tertiary/aromatic N) is 1. The molecular weight excluding hydrogens is 238 g/mol. The molecule has 0 aliphatic heterocycles. The number of hydrogen-bond acceptors (Lipinski definition) is 3. The van der Waals surface area contributed by atoms with Crippen LogP contribution >= 0.6 is 0 Å². The smallest absolute Gasteiger partial charge is 0.308 e. The topological polar surface area (TPSA) is 29.5 Å².